The highest BCUT2D eigenvalue weighted by atomic mass is 32.1. The number of nitrogens with zero attached hydrogens (tertiary/aromatic N) is 4. The topological polar surface area (TPSA) is 62.5 Å². The number of anilines is 1. The van der Waals surface area contributed by atoms with Crippen LogP contribution in [0.2, 0.25) is 0 Å². The van der Waals surface area contributed by atoms with Gasteiger partial charge in [-0.05, 0) is 23.7 Å². The summed E-state index contributed by atoms with van der Waals surface area (Å²) in [6.45, 7) is 0. The van der Waals surface area contributed by atoms with Crippen molar-refractivity contribution in [1.29, 1.82) is 0 Å². The first-order chi connectivity index (χ1) is 6.95. The van der Waals surface area contributed by atoms with Crippen molar-refractivity contribution in [3.63, 3.8) is 0 Å². The minimum absolute atomic E-state index is 0.512. The Hall–Kier alpha value is -1.82. The summed E-state index contributed by atoms with van der Waals surface area (Å²) in [5.74, 6) is 0.512. The van der Waals surface area contributed by atoms with Gasteiger partial charge in [0.15, 0.2) is 0 Å². The smallest absolute Gasteiger partial charge is 0.210 e. The highest BCUT2D eigenvalue weighted by molar-refractivity contribution is 7.03. The van der Waals surface area contributed by atoms with Gasteiger partial charge in [-0.3, -0.25) is 5.43 Å². The van der Waals surface area contributed by atoms with Crippen LogP contribution in [0.3, 0.4) is 0 Å². The molecule has 0 amide bonds. The molecular formula is C8H7N5S. The van der Waals surface area contributed by atoms with Gasteiger partial charge in [-0.25, -0.2) is 0 Å². The minimum atomic E-state index is 0.512. The third kappa shape index (κ3) is 2.33. The molecule has 1 aromatic carbocycles. The Labute approximate surface area is 84.6 Å². The third-order valence-electron chi connectivity index (χ3n) is 1.45. The number of hydrogen-bond donors (Lipinski definition) is 1. The second-order valence-electron chi connectivity index (χ2n) is 2.44. The third-order valence-corrected chi connectivity index (χ3v) is 1.95. The number of para-hydroxylation sites is 1. The first kappa shape index (κ1) is 8.76. The highest BCUT2D eigenvalue weighted by Crippen LogP contribution is 2.10. The average Bonchev–Trinajstić information content (AvgIpc) is 2.72. The van der Waals surface area contributed by atoms with Crippen molar-refractivity contribution in [2.75, 3.05) is 5.43 Å². The summed E-state index contributed by atoms with van der Waals surface area (Å²) in [4.78, 5) is 0. The van der Waals surface area contributed by atoms with Crippen LogP contribution in [0.25, 0.3) is 0 Å². The lowest BCUT2D eigenvalue weighted by molar-refractivity contribution is 1.05. The van der Waals surface area contributed by atoms with Crippen molar-refractivity contribution in [1.82, 2.24) is 9.59 Å². The van der Waals surface area contributed by atoms with E-state index in [0.717, 1.165) is 5.69 Å². The molecule has 0 unspecified atom stereocenters. The van der Waals surface area contributed by atoms with Crippen LogP contribution in [0, 0.1) is 0 Å². The van der Waals surface area contributed by atoms with Crippen LogP contribution in [-0.2, 0) is 0 Å². The fraction of sp³-hybridized carbons (Fsp3) is 0. The molecule has 1 heterocycles. The first-order valence-electron chi connectivity index (χ1n) is 3.94. The van der Waals surface area contributed by atoms with Crippen molar-refractivity contribution in [3.05, 3.63) is 35.7 Å². The second-order valence-corrected chi connectivity index (χ2v) is 3.05. The molecule has 70 valence electrons. The number of rotatable bonds is 3. The molecule has 0 spiro atoms. The predicted molar refractivity (Wildman–Crippen MR) is 54.5 cm³/mol. The van der Waals surface area contributed by atoms with Crippen LogP contribution in [-0.4, -0.2) is 9.59 Å². The Morgan fingerprint density at radius 3 is 2.79 bits per heavy atom. The van der Waals surface area contributed by atoms with E-state index in [4.69, 9.17) is 0 Å². The van der Waals surface area contributed by atoms with E-state index in [1.54, 1.807) is 5.38 Å². The van der Waals surface area contributed by atoms with Gasteiger partial charge in [0.05, 0.1) is 11.1 Å². The SMILES string of the molecule is c1ccc(NN=Nc2csnn2)cc1. The van der Waals surface area contributed by atoms with Crippen LogP contribution in [0.1, 0.15) is 0 Å². The van der Waals surface area contributed by atoms with Gasteiger partial charge < -0.3 is 0 Å². The molecule has 0 bridgehead atoms. The van der Waals surface area contributed by atoms with Crippen molar-refractivity contribution in [3.8, 4) is 0 Å². The lowest BCUT2D eigenvalue weighted by atomic mass is 10.3. The number of aromatic nitrogens is 2. The second kappa shape index (κ2) is 4.43. The van der Waals surface area contributed by atoms with Crippen LogP contribution >= 0.6 is 11.5 Å². The summed E-state index contributed by atoms with van der Waals surface area (Å²) in [6, 6.07) is 9.58. The first-order valence-corrected chi connectivity index (χ1v) is 4.78. The number of hydrogen-bond acceptors (Lipinski definition) is 5. The lowest BCUT2D eigenvalue weighted by Gasteiger charge is -1.95. The van der Waals surface area contributed by atoms with E-state index < -0.39 is 0 Å². The highest BCUT2D eigenvalue weighted by Gasteiger charge is 1.90. The van der Waals surface area contributed by atoms with E-state index >= 15 is 0 Å². The molecule has 14 heavy (non-hydrogen) atoms. The predicted octanol–water partition coefficient (Wildman–Crippen LogP) is 2.65. The quantitative estimate of drug-likeness (QED) is 0.619. The molecule has 5 nitrogen and oxygen atoms in total. The maximum atomic E-state index is 3.81. The molecule has 6 heteroatoms. The fourth-order valence-corrected chi connectivity index (χ4v) is 1.22. The molecule has 0 saturated carbocycles. The molecule has 0 saturated heterocycles. The van der Waals surface area contributed by atoms with Crippen LogP contribution in [0.4, 0.5) is 11.5 Å². The summed E-state index contributed by atoms with van der Waals surface area (Å²) in [5, 5.41) is 13.0. The molecule has 0 radical (unpaired) electrons. The summed E-state index contributed by atoms with van der Waals surface area (Å²) in [7, 11) is 0. The van der Waals surface area contributed by atoms with E-state index in [1.165, 1.54) is 11.5 Å². The standard InChI is InChI=1S/C8H7N5S/c1-2-4-7(5-3-1)9-12-10-8-6-14-13-11-8/h1-6H,(H,9,10). The summed E-state index contributed by atoms with van der Waals surface area (Å²) < 4.78 is 3.66. The Balaban J connectivity index is 1.95. The van der Waals surface area contributed by atoms with Crippen molar-refractivity contribution in [2.24, 2.45) is 10.3 Å². The molecule has 1 aromatic heterocycles. The van der Waals surface area contributed by atoms with Gasteiger partial charge in [0.2, 0.25) is 5.82 Å². The molecule has 0 atom stereocenters. The molecule has 0 fully saturated rings. The van der Waals surface area contributed by atoms with E-state index in [9.17, 15) is 0 Å². The van der Waals surface area contributed by atoms with Crippen molar-refractivity contribution in [2.45, 2.75) is 0 Å². The minimum Gasteiger partial charge on any atom is -0.260 e. The van der Waals surface area contributed by atoms with E-state index in [1.807, 2.05) is 30.3 Å². The normalized spacial score (nSPS) is 10.6. The molecule has 2 rings (SSSR count). The molecule has 0 aliphatic rings. The van der Waals surface area contributed by atoms with Crippen molar-refractivity contribution >= 4 is 23.0 Å². The summed E-state index contributed by atoms with van der Waals surface area (Å²) in [5.41, 5.74) is 3.67. The maximum absolute atomic E-state index is 3.81. The average molecular weight is 205 g/mol. The fourth-order valence-electron chi connectivity index (χ4n) is 0.850. The van der Waals surface area contributed by atoms with Gasteiger partial charge >= 0.3 is 0 Å². The maximum Gasteiger partial charge on any atom is 0.210 e. The Morgan fingerprint density at radius 1 is 1.21 bits per heavy atom. The largest absolute Gasteiger partial charge is 0.260 e. The van der Waals surface area contributed by atoms with E-state index in [0.29, 0.717) is 5.82 Å². The van der Waals surface area contributed by atoms with Gasteiger partial charge in [-0.1, -0.05) is 27.9 Å². The Kier molecular flexibility index (Phi) is 2.77. The van der Waals surface area contributed by atoms with Gasteiger partial charge in [0.25, 0.3) is 0 Å². The molecule has 1 N–H and O–H groups in total. The molecular weight excluding hydrogens is 198 g/mol. The van der Waals surface area contributed by atoms with Gasteiger partial charge in [0, 0.05) is 0 Å². The lowest BCUT2D eigenvalue weighted by Crippen LogP contribution is -1.84. The summed E-state index contributed by atoms with van der Waals surface area (Å²) in [6.07, 6.45) is 0. The number of nitrogens with one attached hydrogen (secondary N) is 1. The van der Waals surface area contributed by atoms with Gasteiger partial charge in [0.1, 0.15) is 0 Å². The zero-order valence-corrected chi connectivity index (χ0v) is 7.98. The monoisotopic (exact) mass is 205 g/mol. The molecule has 0 aliphatic carbocycles. The van der Waals surface area contributed by atoms with Crippen LogP contribution in [0.5, 0.6) is 0 Å². The van der Waals surface area contributed by atoms with Crippen LogP contribution < -0.4 is 5.43 Å². The van der Waals surface area contributed by atoms with Gasteiger partial charge in [-0.15, -0.1) is 10.2 Å². The van der Waals surface area contributed by atoms with E-state index in [-0.39, 0.29) is 0 Å². The van der Waals surface area contributed by atoms with E-state index in [2.05, 4.69) is 25.4 Å². The van der Waals surface area contributed by atoms with Gasteiger partial charge in [-0.2, -0.15) is 0 Å². The molecule has 2 aromatic rings. The zero-order valence-electron chi connectivity index (χ0n) is 7.16. The Bertz CT molecular complexity index is 397. The van der Waals surface area contributed by atoms with Crippen molar-refractivity contribution < 1.29 is 0 Å². The Morgan fingerprint density at radius 2 is 2.07 bits per heavy atom. The summed E-state index contributed by atoms with van der Waals surface area (Å²) >= 11 is 1.24. The van der Waals surface area contributed by atoms with Crippen LogP contribution in [0.15, 0.2) is 46.0 Å². The number of benzene rings is 1. The molecule has 0 aliphatic heterocycles. The zero-order chi connectivity index (χ0) is 9.64.